The third-order valence-corrected chi connectivity index (χ3v) is 11.9. The Bertz CT molecular complexity index is 1180. The number of cyclic esters (lactones) is 2. The molecule has 0 saturated carbocycles. The third kappa shape index (κ3) is 15.5. The summed E-state index contributed by atoms with van der Waals surface area (Å²) < 4.78 is 12.5. The Morgan fingerprint density at radius 3 is 1.27 bits per heavy atom. The van der Waals surface area contributed by atoms with Crippen molar-refractivity contribution < 1.29 is 19.1 Å². The molecule has 1 aliphatic heterocycles. The molecule has 1 fully saturated rings. The molecule has 0 amide bonds. The van der Waals surface area contributed by atoms with E-state index in [1.54, 1.807) is 0 Å². The van der Waals surface area contributed by atoms with Crippen LogP contribution in [0.4, 0.5) is 0 Å². The van der Waals surface area contributed by atoms with Crippen molar-refractivity contribution in [3.05, 3.63) is 48.0 Å². The van der Waals surface area contributed by atoms with E-state index in [4.69, 9.17) is 9.47 Å². The summed E-state index contributed by atoms with van der Waals surface area (Å²) >= 11 is 0. The van der Waals surface area contributed by atoms with E-state index in [1.165, 1.54) is 128 Å². The first-order chi connectivity index (χ1) is 25.5. The molecule has 1 aliphatic rings. The molecule has 1 saturated heterocycles. The van der Waals surface area contributed by atoms with Gasteiger partial charge >= 0.3 is 11.9 Å². The summed E-state index contributed by atoms with van der Waals surface area (Å²) in [5, 5.41) is 2.16. The molecule has 2 aromatic carbocycles. The maximum Gasteiger partial charge on any atom is 0.326 e. The fourth-order valence-electron chi connectivity index (χ4n) is 8.62. The van der Waals surface area contributed by atoms with Crippen LogP contribution >= 0.6 is 0 Å². The van der Waals surface area contributed by atoms with Gasteiger partial charge in [-0.25, -0.2) is 0 Å². The number of esters is 2. The van der Waals surface area contributed by atoms with Gasteiger partial charge in [0.15, 0.2) is 5.41 Å². The lowest BCUT2D eigenvalue weighted by Gasteiger charge is -2.40. The maximum absolute atomic E-state index is 14.6. The molecule has 2 aromatic rings. The van der Waals surface area contributed by atoms with Gasteiger partial charge in [0.1, 0.15) is 0 Å². The van der Waals surface area contributed by atoms with Crippen LogP contribution < -0.4 is 0 Å². The van der Waals surface area contributed by atoms with Crippen molar-refractivity contribution in [2.45, 2.75) is 214 Å². The minimum atomic E-state index is -1.22. The fourth-order valence-corrected chi connectivity index (χ4v) is 8.62. The zero-order valence-corrected chi connectivity index (χ0v) is 34.2. The SMILES string of the molecule is CCCCCCCCCC(CCCCCC)CC1(CC(CCCCCC)CCCCCCCCC)C(=O)OC(c2ccc3ccccc3c2)OC1=O. The van der Waals surface area contributed by atoms with Crippen LogP contribution in [0.25, 0.3) is 10.8 Å². The second kappa shape index (κ2) is 26.4. The Balaban J connectivity index is 1.85. The first-order valence-corrected chi connectivity index (χ1v) is 22.4. The molecule has 0 aliphatic carbocycles. The van der Waals surface area contributed by atoms with Crippen molar-refractivity contribution >= 4 is 22.7 Å². The molecule has 0 spiro atoms. The molecule has 4 nitrogen and oxygen atoms in total. The van der Waals surface area contributed by atoms with Crippen molar-refractivity contribution in [2.75, 3.05) is 0 Å². The van der Waals surface area contributed by atoms with E-state index in [0.717, 1.165) is 54.9 Å². The molecule has 0 radical (unpaired) electrons. The summed E-state index contributed by atoms with van der Waals surface area (Å²) in [6.45, 7) is 9.07. The average Bonchev–Trinajstić information content (AvgIpc) is 3.15. The molecule has 52 heavy (non-hydrogen) atoms. The maximum atomic E-state index is 14.6. The third-order valence-electron chi connectivity index (χ3n) is 11.9. The predicted molar refractivity (Wildman–Crippen MR) is 220 cm³/mol. The Kier molecular flexibility index (Phi) is 22.4. The van der Waals surface area contributed by atoms with Gasteiger partial charge in [0.25, 0.3) is 6.29 Å². The zero-order valence-electron chi connectivity index (χ0n) is 34.2. The van der Waals surface area contributed by atoms with Crippen molar-refractivity contribution in [3.8, 4) is 0 Å². The number of fused-ring (bicyclic) bond motifs is 1. The van der Waals surface area contributed by atoms with Crippen molar-refractivity contribution in [1.82, 2.24) is 0 Å². The number of benzene rings is 2. The lowest BCUT2D eigenvalue weighted by Crippen LogP contribution is -2.49. The van der Waals surface area contributed by atoms with Crippen LogP contribution in [0.1, 0.15) is 219 Å². The summed E-state index contributed by atoms with van der Waals surface area (Å²) in [5.74, 6) is -0.0236. The molecular formula is C48H78O4. The number of hydrogen-bond acceptors (Lipinski definition) is 4. The molecule has 294 valence electrons. The Hall–Kier alpha value is -2.36. The summed E-state index contributed by atoms with van der Waals surface area (Å²) in [6, 6.07) is 14.1. The molecule has 2 atom stereocenters. The van der Waals surface area contributed by atoms with Gasteiger partial charge in [-0.05, 0) is 41.5 Å². The number of unbranched alkanes of at least 4 members (excludes halogenated alkanes) is 18. The molecule has 4 heteroatoms. The first kappa shape index (κ1) is 44.0. The quantitative estimate of drug-likeness (QED) is 0.0442. The summed E-state index contributed by atoms with van der Waals surface area (Å²) in [6.07, 6.45) is 32.0. The molecule has 1 heterocycles. The topological polar surface area (TPSA) is 52.6 Å². The largest absolute Gasteiger partial charge is 0.420 e. The lowest BCUT2D eigenvalue weighted by molar-refractivity contribution is -0.229. The van der Waals surface area contributed by atoms with E-state index >= 15 is 0 Å². The molecule has 0 N–H and O–H groups in total. The number of hydrogen-bond donors (Lipinski definition) is 0. The molecule has 2 unspecified atom stereocenters. The van der Waals surface area contributed by atoms with Crippen molar-refractivity contribution in [1.29, 1.82) is 0 Å². The van der Waals surface area contributed by atoms with Gasteiger partial charge in [0, 0.05) is 5.56 Å². The molecule has 0 aromatic heterocycles. The van der Waals surface area contributed by atoms with Gasteiger partial charge in [0.2, 0.25) is 0 Å². The predicted octanol–water partition coefficient (Wildman–Crippen LogP) is 15.2. The normalized spacial score (nSPS) is 18.7. The van der Waals surface area contributed by atoms with Crippen LogP contribution in [0.15, 0.2) is 42.5 Å². The van der Waals surface area contributed by atoms with Gasteiger partial charge in [-0.3, -0.25) is 9.59 Å². The number of ether oxygens (including phenoxy) is 2. The fraction of sp³-hybridized carbons (Fsp3) is 0.750. The Morgan fingerprint density at radius 2 is 0.846 bits per heavy atom. The van der Waals surface area contributed by atoms with Gasteiger partial charge < -0.3 is 9.47 Å². The van der Waals surface area contributed by atoms with Gasteiger partial charge in [-0.15, -0.1) is 0 Å². The van der Waals surface area contributed by atoms with Crippen LogP contribution in [0.3, 0.4) is 0 Å². The molecule has 3 rings (SSSR count). The summed E-state index contributed by atoms with van der Waals surface area (Å²) in [7, 11) is 0. The van der Waals surface area contributed by atoms with Crippen LogP contribution in [0.5, 0.6) is 0 Å². The van der Waals surface area contributed by atoms with Gasteiger partial charge in [-0.1, -0.05) is 231 Å². The van der Waals surface area contributed by atoms with E-state index in [0.29, 0.717) is 24.7 Å². The van der Waals surface area contributed by atoms with Gasteiger partial charge in [-0.2, -0.15) is 0 Å². The monoisotopic (exact) mass is 719 g/mol. The summed E-state index contributed by atoms with van der Waals surface area (Å²) in [5.41, 5.74) is -0.493. The van der Waals surface area contributed by atoms with Crippen molar-refractivity contribution in [2.24, 2.45) is 17.3 Å². The minimum Gasteiger partial charge on any atom is -0.420 e. The standard InChI is InChI=1S/C48H78O4/c1-5-9-13-17-19-21-25-31-40(29-23-15-11-7-3)38-48(39-41(30-24-16-12-8-4)32-26-22-20-18-14-10-6-2)46(49)51-45(52-47(48)50)44-36-35-42-33-27-28-34-43(42)37-44/h27-28,33-37,40-41,45H,5-26,29-32,38-39H2,1-4H3. The lowest BCUT2D eigenvalue weighted by atomic mass is 9.69. The van der Waals surface area contributed by atoms with Crippen molar-refractivity contribution in [3.63, 3.8) is 0 Å². The van der Waals surface area contributed by atoms with E-state index in [-0.39, 0.29) is 11.9 Å². The van der Waals surface area contributed by atoms with E-state index in [2.05, 4.69) is 39.8 Å². The minimum absolute atomic E-state index is 0.323. The number of carbonyl (C=O) groups excluding carboxylic acids is 2. The average molecular weight is 719 g/mol. The summed E-state index contributed by atoms with van der Waals surface area (Å²) in [4.78, 5) is 29.3. The highest BCUT2D eigenvalue weighted by Gasteiger charge is 2.55. The molecule has 0 bridgehead atoms. The number of rotatable bonds is 31. The van der Waals surface area contributed by atoms with Crippen LogP contribution in [-0.4, -0.2) is 11.9 Å². The van der Waals surface area contributed by atoms with Gasteiger partial charge in [0.05, 0.1) is 0 Å². The Morgan fingerprint density at radius 1 is 0.481 bits per heavy atom. The second-order valence-electron chi connectivity index (χ2n) is 16.5. The number of carbonyl (C=O) groups is 2. The van der Waals surface area contributed by atoms with E-state index < -0.39 is 11.7 Å². The highest BCUT2D eigenvalue weighted by Crippen LogP contribution is 2.46. The highest BCUT2D eigenvalue weighted by atomic mass is 16.7. The first-order valence-electron chi connectivity index (χ1n) is 22.4. The Labute approximate surface area is 320 Å². The molecular weight excluding hydrogens is 641 g/mol. The van der Waals surface area contributed by atoms with Crippen LogP contribution in [0.2, 0.25) is 0 Å². The van der Waals surface area contributed by atoms with Crippen LogP contribution in [-0.2, 0) is 19.1 Å². The van der Waals surface area contributed by atoms with Crippen LogP contribution in [0, 0.1) is 17.3 Å². The second-order valence-corrected chi connectivity index (χ2v) is 16.5. The zero-order chi connectivity index (χ0) is 37.3. The smallest absolute Gasteiger partial charge is 0.326 e. The van der Waals surface area contributed by atoms with E-state index in [1.807, 2.05) is 30.3 Å². The highest BCUT2D eigenvalue weighted by molar-refractivity contribution is 6.01. The van der Waals surface area contributed by atoms with E-state index in [9.17, 15) is 9.59 Å².